The van der Waals surface area contributed by atoms with Crippen molar-refractivity contribution in [3.05, 3.63) is 28.8 Å². The Labute approximate surface area is 91.9 Å². The quantitative estimate of drug-likeness (QED) is 0.727. The number of pyridine rings is 1. The first-order valence-electron chi connectivity index (χ1n) is 4.68. The molecule has 0 saturated heterocycles. The van der Waals surface area contributed by atoms with E-state index in [2.05, 4.69) is 4.98 Å². The van der Waals surface area contributed by atoms with Gasteiger partial charge in [0, 0.05) is 13.1 Å². The monoisotopic (exact) mass is 228 g/mol. The summed E-state index contributed by atoms with van der Waals surface area (Å²) in [5, 5.41) is 0.0499. The first-order valence-corrected chi connectivity index (χ1v) is 5.05. The van der Waals surface area contributed by atoms with Gasteiger partial charge >= 0.3 is 0 Å². The van der Waals surface area contributed by atoms with E-state index in [-0.39, 0.29) is 22.7 Å². The zero-order valence-electron chi connectivity index (χ0n) is 8.20. The molecule has 1 amide bonds. The second kappa shape index (κ2) is 3.77. The molecule has 0 bridgehead atoms. The number of aromatic nitrogens is 1. The molecule has 15 heavy (non-hydrogen) atoms. The molecule has 80 valence electrons. The van der Waals surface area contributed by atoms with E-state index in [1.54, 1.807) is 11.9 Å². The van der Waals surface area contributed by atoms with E-state index >= 15 is 0 Å². The van der Waals surface area contributed by atoms with Crippen molar-refractivity contribution >= 4 is 17.5 Å². The summed E-state index contributed by atoms with van der Waals surface area (Å²) in [5.74, 6) is -0.818. The van der Waals surface area contributed by atoms with Gasteiger partial charge < -0.3 is 4.90 Å². The molecular formula is C10H10ClFN2O. The molecule has 3 nitrogen and oxygen atoms in total. The van der Waals surface area contributed by atoms with Crippen LogP contribution in [-0.2, 0) is 0 Å². The van der Waals surface area contributed by atoms with Crippen molar-refractivity contribution in [3.63, 3.8) is 0 Å². The van der Waals surface area contributed by atoms with Crippen LogP contribution in [0, 0.1) is 5.82 Å². The van der Waals surface area contributed by atoms with E-state index in [1.807, 2.05) is 0 Å². The largest absolute Gasteiger partial charge is 0.339 e. The maximum Gasteiger partial charge on any atom is 0.257 e. The highest BCUT2D eigenvalue weighted by atomic mass is 35.5. The number of hydrogen-bond acceptors (Lipinski definition) is 2. The Kier molecular flexibility index (Phi) is 2.61. The molecule has 0 unspecified atom stereocenters. The van der Waals surface area contributed by atoms with Gasteiger partial charge in [-0.05, 0) is 18.9 Å². The van der Waals surface area contributed by atoms with Crippen LogP contribution >= 0.6 is 11.6 Å². The van der Waals surface area contributed by atoms with Gasteiger partial charge in [-0.2, -0.15) is 0 Å². The lowest BCUT2D eigenvalue weighted by atomic mass is 10.2. The maximum atomic E-state index is 12.9. The van der Waals surface area contributed by atoms with Crippen molar-refractivity contribution in [1.29, 1.82) is 0 Å². The molecule has 1 saturated carbocycles. The zero-order valence-corrected chi connectivity index (χ0v) is 8.96. The van der Waals surface area contributed by atoms with E-state index in [1.165, 1.54) is 0 Å². The van der Waals surface area contributed by atoms with E-state index in [9.17, 15) is 9.18 Å². The molecule has 0 radical (unpaired) electrons. The minimum atomic E-state index is -0.549. The second-order valence-electron chi connectivity index (χ2n) is 3.64. The maximum absolute atomic E-state index is 12.9. The molecule has 2 rings (SSSR count). The third kappa shape index (κ3) is 2.09. The number of halogens is 2. The van der Waals surface area contributed by atoms with Gasteiger partial charge in [-0.1, -0.05) is 11.6 Å². The van der Waals surface area contributed by atoms with Crippen molar-refractivity contribution < 1.29 is 9.18 Å². The molecule has 1 aromatic heterocycles. The Hall–Kier alpha value is -1.16. The Morgan fingerprint density at radius 3 is 2.93 bits per heavy atom. The average Bonchev–Trinajstić information content (AvgIpc) is 3.03. The Morgan fingerprint density at radius 1 is 1.67 bits per heavy atom. The number of hydrogen-bond donors (Lipinski definition) is 0. The van der Waals surface area contributed by atoms with Crippen molar-refractivity contribution in [2.75, 3.05) is 7.05 Å². The average molecular weight is 229 g/mol. The van der Waals surface area contributed by atoms with Gasteiger partial charge in [0.2, 0.25) is 0 Å². The summed E-state index contributed by atoms with van der Waals surface area (Å²) in [6, 6.07) is 1.40. The lowest BCUT2D eigenvalue weighted by Crippen LogP contribution is -2.29. The normalized spacial score (nSPS) is 15.1. The van der Waals surface area contributed by atoms with E-state index < -0.39 is 5.82 Å². The predicted octanol–water partition coefficient (Wildman–Crippen LogP) is 2.11. The van der Waals surface area contributed by atoms with Gasteiger partial charge in [0.05, 0.1) is 11.8 Å². The molecule has 0 atom stereocenters. The van der Waals surface area contributed by atoms with Crippen LogP contribution in [0.25, 0.3) is 0 Å². The molecule has 1 heterocycles. The molecule has 1 fully saturated rings. The van der Waals surface area contributed by atoms with E-state index in [4.69, 9.17) is 11.6 Å². The van der Waals surface area contributed by atoms with Crippen LogP contribution in [-0.4, -0.2) is 28.9 Å². The van der Waals surface area contributed by atoms with Gasteiger partial charge in [-0.15, -0.1) is 0 Å². The van der Waals surface area contributed by atoms with Crippen LogP contribution in [0.5, 0.6) is 0 Å². The summed E-state index contributed by atoms with van der Waals surface area (Å²) < 4.78 is 12.9. The molecule has 0 spiro atoms. The van der Waals surface area contributed by atoms with Crippen LogP contribution in [0.3, 0.4) is 0 Å². The summed E-state index contributed by atoms with van der Waals surface area (Å²) >= 11 is 5.73. The van der Waals surface area contributed by atoms with Crippen LogP contribution in [0.1, 0.15) is 23.2 Å². The molecule has 1 aromatic rings. The topological polar surface area (TPSA) is 33.2 Å². The van der Waals surface area contributed by atoms with Gasteiger partial charge in [-0.25, -0.2) is 9.37 Å². The fourth-order valence-electron chi connectivity index (χ4n) is 1.39. The first-order chi connectivity index (χ1) is 7.09. The fraction of sp³-hybridized carbons (Fsp3) is 0.400. The number of nitrogens with zero attached hydrogens (tertiary/aromatic N) is 2. The number of amides is 1. The SMILES string of the molecule is CN(C(=O)c1cc(F)cnc1Cl)C1CC1. The summed E-state index contributed by atoms with van der Waals surface area (Å²) in [4.78, 5) is 17.0. The molecule has 0 aliphatic heterocycles. The molecule has 0 aromatic carbocycles. The number of carbonyl (C=O) groups is 1. The standard InChI is InChI=1S/C10H10ClFN2O/c1-14(7-2-3-7)10(15)8-4-6(12)5-13-9(8)11/h4-5,7H,2-3H2,1H3. The van der Waals surface area contributed by atoms with Crippen molar-refractivity contribution in [3.8, 4) is 0 Å². The minimum absolute atomic E-state index is 0.0499. The summed E-state index contributed by atoms with van der Waals surface area (Å²) in [6.07, 6.45) is 3.00. The third-order valence-electron chi connectivity index (χ3n) is 2.45. The Balaban J connectivity index is 2.27. The van der Waals surface area contributed by atoms with Crippen molar-refractivity contribution in [2.45, 2.75) is 18.9 Å². The summed E-state index contributed by atoms with van der Waals surface area (Å²) in [6.45, 7) is 0. The number of carbonyl (C=O) groups excluding carboxylic acids is 1. The van der Waals surface area contributed by atoms with Crippen molar-refractivity contribution in [2.24, 2.45) is 0 Å². The molecule has 1 aliphatic carbocycles. The van der Waals surface area contributed by atoms with Gasteiger partial charge in [-0.3, -0.25) is 4.79 Å². The molecule has 1 aliphatic rings. The van der Waals surface area contributed by atoms with Gasteiger partial charge in [0.15, 0.2) is 0 Å². The highest BCUT2D eigenvalue weighted by Gasteiger charge is 2.31. The third-order valence-corrected chi connectivity index (χ3v) is 2.75. The predicted molar refractivity (Wildman–Crippen MR) is 54.3 cm³/mol. The van der Waals surface area contributed by atoms with Crippen LogP contribution in [0.4, 0.5) is 4.39 Å². The lowest BCUT2D eigenvalue weighted by molar-refractivity contribution is 0.0784. The van der Waals surface area contributed by atoms with E-state index in [0.29, 0.717) is 0 Å². The number of rotatable bonds is 2. The zero-order chi connectivity index (χ0) is 11.0. The highest BCUT2D eigenvalue weighted by molar-refractivity contribution is 6.32. The molecule has 0 N–H and O–H groups in total. The lowest BCUT2D eigenvalue weighted by Gasteiger charge is -2.16. The van der Waals surface area contributed by atoms with E-state index in [0.717, 1.165) is 25.1 Å². The van der Waals surface area contributed by atoms with Crippen LogP contribution in [0.2, 0.25) is 5.15 Å². The summed E-state index contributed by atoms with van der Waals surface area (Å²) in [5.41, 5.74) is 0.131. The summed E-state index contributed by atoms with van der Waals surface area (Å²) in [7, 11) is 1.70. The van der Waals surface area contributed by atoms with Crippen molar-refractivity contribution in [1.82, 2.24) is 9.88 Å². The minimum Gasteiger partial charge on any atom is -0.339 e. The second-order valence-corrected chi connectivity index (χ2v) is 4.00. The Morgan fingerprint density at radius 2 is 2.33 bits per heavy atom. The smallest absolute Gasteiger partial charge is 0.257 e. The fourth-order valence-corrected chi connectivity index (χ4v) is 1.57. The highest BCUT2D eigenvalue weighted by Crippen LogP contribution is 2.27. The molecular weight excluding hydrogens is 219 g/mol. The molecule has 5 heteroatoms. The first kappa shape index (κ1) is 10.4. The van der Waals surface area contributed by atoms with Crippen LogP contribution < -0.4 is 0 Å². The van der Waals surface area contributed by atoms with Crippen LogP contribution in [0.15, 0.2) is 12.3 Å². The van der Waals surface area contributed by atoms with Gasteiger partial charge in [0.25, 0.3) is 5.91 Å². The van der Waals surface area contributed by atoms with Gasteiger partial charge in [0.1, 0.15) is 11.0 Å². The Bertz CT molecular complexity index is 406.